The molecule has 116 valence electrons. The monoisotopic (exact) mass is 308 g/mol. The van der Waals surface area contributed by atoms with Crippen LogP contribution in [0.1, 0.15) is 12.7 Å². The van der Waals surface area contributed by atoms with Crippen molar-refractivity contribution in [2.75, 3.05) is 0 Å². The number of para-hydroxylation sites is 2. The fourth-order valence-electron chi connectivity index (χ4n) is 2.83. The minimum Gasteiger partial charge on any atom is -0.330 e. The molecular weight excluding hydrogens is 292 g/mol. The molecule has 0 radical (unpaired) electrons. The molecule has 0 aliphatic carbocycles. The summed E-state index contributed by atoms with van der Waals surface area (Å²) in [7, 11) is 1.96. The third-order valence-corrected chi connectivity index (χ3v) is 4.11. The van der Waals surface area contributed by atoms with Crippen molar-refractivity contribution < 1.29 is 0 Å². The summed E-state index contributed by atoms with van der Waals surface area (Å²) in [5.41, 5.74) is 2.50. The highest BCUT2D eigenvalue weighted by Gasteiger charge is 2.12. The molecular formula is C16H16N6O. The van der Waals surface area contributed by atoms with E-state index >= 15 is 0 Å². The van der Waals surface area contributed by atoms with Crippen molar-refractivity contribution in [3.05, 3.63) is 53.0 Å². The molecule has 7 heteroatoms. The highest BCUT2D eigenvalue weighted by Crippen LogP contribution is 2.15. The number of aryl methyl sites for hydroxylation is 2. The second kappa shape index (κ2) is 5.05. The standard InChI is InChI=1S/C16H16N6O/c1-3-22-15-11(8-18-22)16(23)21(10-17-15)9-14-19-12-6-4-5-7-13(12)20(14)2/h4-8,10H,3,9H2,1-2H3. The maximum atomic E-state index is 12.6. The third kappa shape index (κ3) is 2.04. The summed E-state index contributed by atoms with van der Waals surface area (Å²) >= 11 is 0. The molecule has 0 saturated carbocycles. The van der Waals surface area contributed by atoms with Gasteiger partial charge in [-0.15, -0.1) is 0 Å². The van der Waals surface area contributed by atoms with Gasteiger partial charge in [-0.25, -0.2) is 14.6 Å². The first-order chi connectivity index (χ1) is 11.2. The summed E-state index contributed by atoms with van der Waals surface area (Å²) in [6.45, 7) is 3.04. The van der Waals surface area contributed by atoms with E-state index in [9.17, 15) is 4.79 Å². The molecule has 0 bridgehead atoms. The molecule has 4 aromatic rings. The summed E-state index contributed by atoms with van der Waals surface area (Å²) in [6.07, 6.45) is 3.15. The number of aromatic nitrogens is 6. The Kier molecular flexibility index (Phi) is 3.00. The van der Waals surface area contributed by atoms with Crippen LogP contribution in [0.5, 0.6) is 0 Å². The van der Waals surface area contributed by atoms with Crippen LogP contribution >= 0.6 is 0 Å². The molecule has 3 heterocycles. The molecule has 23 heavy (non-hydrogen) atoms. The van der Waals surface area contributed by atoms with Crippen LogP contribution in [0.3, 0.4) is 0 Å². The lowest BCUT2D eigenvalue weighted by molar-refractivity contribution is 0.661. The van der Waals surface area contributed by atoms with Gasteiger partial charge in [0.05, 0.1) is 23.8 Å². The highest BCUT2D eigenvalue weighted by atomic mass is 16.1. The van der Waals surface area contributed by atoms with E-state index in [0.29, 0.717) is 24.1 Å². The molecule has 1 aromatic carbocycles. The van der Waals surface area contributed by atoms with Crippen LogP contribution in [0.2, 0.25) is 0 Å². The van der Waals surface area contributed by atoms with E-state index in [-0.39, 0.29) is 5.56 Å². The number of nitrogens with zero attached hydrogens (tertiary/aromatic N) is 6. The lowest BCUT2D eigenvalue weighted by Crippen LogP contribution is -2.22. The van der Waals surface area contributed by atoms with Crippen LogP contribution < -0.4 is 5.56 Å². The number of hydrogen-bond donors (Lipinski definition) is 0. The van der Waals surface area contributed by atoms with E-state index in [1.165, 1.54) is 0 Å². The molecule has 0 spiro atoms. The van der Waals surface area contributed by atoms with Gasteiger partial charge < -0.3 is 4.57 Å². The molecule has 0 aliphatic heterocycles. The Morgan fingerprint density at radius 1 is 1.22 bits per heavy atom. The van der Waals surface area contributed by atoms with Crippen molar-refractivity contribution in [2.45, 2.75) is 20.0 Å². The number of fused-ring (bicyclic) bond motifs is 2. The Morgan fingerprint density at radius 3 is 2.83 bits per heavy atom. The van der Waals surface area contributed by atoms with Crippen molar-refractivity contribution >= 4 is 22.1 Å². The highest BCUT2D eigenvalue weighted by molar-refractivity contribution is 5.76. The van der Waals surface area contributed by atoms with Crippen LogP contribution in [0.4, 0.5) is 0 Å². The van der Waals surface area contributed by atoms with Crippen molar-refractivity contribution in [3.63, 3.8) is 0 Å². The Morgan fingerprint density at radius 2 is 2.04 bits per heavy atom. The molecule has 4 rings (SSSR count). The molecule has 0 fully saturated rings. The lowest BCUT2D eigenvalue weighted by atomic mass is 10.3. The van der Waals surface area contributed by atoms with E-state index in [0.717, 1.165) is 16.9 Å². The van der Waals surface area contributed by atoms with Gasteiger partial charge in [-0.1, -0.05) is 12.1 Å². The summed E-state index contributed by atoms with van der Waals surface area (Å²) in [5, 5.41) is 4.73. The maximum absolute atomic E-state index is 12.6. The van der Waals surface area contributed by atoms with E-state index in [4.69, 9.17) is 0 Å². The largest absolute Gasteiger partial charge is 0.330 e. The molecule has 0 amide bonds. The van der Waals surface area contributed by atoms with Gasteiger partial charge in [-0.3, -0.25) is 9.36 Å². The van der Waals surface area contributed by atoms with E-state index in [2.05, 4.69) is 15.1 Å². The van der Waals surface area contributed by atoms with Gasteiger partial charge in [-0.2, -0.15) is 5.10 Å². The molecule has 3 aromatic heterocycles. The topological polar surface area (TPSA) is 70.5 Å². The second-order valence-corrected chi connectivity index (χ2v) is 5.45. The number of benzene rings is 1. The van der Waals surface area contributed by atoms with Crippen molar-refractivity contribution in [3.8, 4) is 0 Å². The summed E-state index contributed by atoms with van der Waals surface area (Å²) in [5.74, 6) is 0.817. The average molecular weight is 308 g/mol. The fraction of sp³-hybridized carbons (Fsp3) is 0.250. The predicted octanol–water partition coefficient (Wildman–Crippen LogP) is 1.55. The zero-order chi connectivity index (χ0) is 16.0. The van der Waals surface area contributed by atoms with Crippen molar-refractivity contribution in [2.24, 2.45) is 7.05 Å². The molecule has 0 unspecified atom stereocenters. The normalized spacial score (nSPS) is 11.6. The van der Waals surface area contributed by atoms with Crippen LogP contribution in [-0.2, 0) is 20.1 Å². The zero-order valence-corrected chi connectivity index (χ0v) is 13.0. The van der Waals surface area contributed by atoms with Crippen LogP contribution in [0.25, 0.3) is 22.1 Å². The van der Waals surface area contributed by atoms with Gasteiger partial charge in [0.1, 0.15) is 17.5 Å². The minimum absolute atomic E-state index is 0.0956. The quantitative estimate of drug-likeness (QED) is 0.576. The van der Waals surface area contributed by atoms with E-state index < -0.39 is 0 Å². The van der Waals surface area contributed by atoms with E-state index in [1.54, 1.807) is 21.8 Å². The summed E-state index contributed by atoms with van der Waals surface area (Å²) in [4.78, 5) is 21.6. The summed E-state index contributed by atoms with van der Waals surface area (Å²) < 4.78 is 5.29. The fourth-order valence-corrected chi connectivity index (χ4v) is 2.83. The second-order valence-electron chi connectivity index (χ2n) is 5.45. The van der Waals surface area contributed by atoms with E-state index in [1.807, 2.05) is 42.8 Å². The first-order valence-corrected chi connectivity index (χ1v) is 7.50. The molecule has 7 nitrogen and oxygen atoms in total. The van der Waals surface area contributed by atoms with Gasteiger partial charge in [0.2, 0.25) is 0 Å². The number of rotatable bonds is 3. The average Bonchev–Trinajstić information content (AvgIpc) is 3.12. The minimum atomic E-state index is -0.0956. The zero-order valence-electron chi connectivity index (χ0n) is 13.0. The lowest BCUT2D eigenvalue weighted by Gasteiger charge is -2.06. The smallest absolute Gasteiger partial charge is 0.264 e. The Hall–Kier alpha value is -2.96. The molecule has 0 atom stereocenters. The Labute approximate surface area is 131 Å². The summed E-state index contributed by atoms with van der Waals surface area (Å²) in [6, 6.07) is 7.92. The molecule has 0 N–H and O–H groups in total. The Balaban J connectivity index is 1.81. The van der Waals surface area contributed by atoms with Gasteiger partial charge >= 0.3 is 0 Å². The van der Waals surface area contributed by atoms with Crippen molar-refractivity contribution in [1.29, 1.82) is 0 Å². The maximum Gasteiger partial charge on any atom is 0.264 e. The van der Waals surface area contributed by atoms with Crippen molar-refractivity contribution in [1.82, 2.24) is 28.9 Å². The molecule has 0 saturated heterocycles. The Bertz CT molecular complexity index is 1070. The predicted molar refractivity (Wildman–Crippen MR) is 87.3 cm³/mol. The number of imidazole rings is 1. The van der Waals surface area contributed by atoms with Gasteiger partial charge in [0.15, 0.2) is 5.65 Å². The number of hydrogen-bond acceptors (Lipinski definition) is 4. The SMILES string of the molecule is CCn1ncc2c(=O)n(Cc3nc4ccccc4n3C)cnc21. The first kappa shape index (κ1) is 13.7. The van der Waals surface area contributed by atoms with Gasteiger partial charge in [0, 0.05) is 13.6 Å². The third-order valence-electron chi connectivity index (χ3n) is 4.11. The van der Waals surface area contributed by atoms with Crippen LogP contribution in [-0.4, -0.2) is 28.9 Å². The van der Waals surface area contributed by atoms with Crippen LogP contribution in [0, 0.1) is 0 Å². The van der Waals surface area contributed by atoms with Gasteiger partial charge in [0.25, 0.3) is 5.56 Å². The first-order valence-electron chi connectivity index (χ1n) is 7.50. The van der Waals surface area contributed by atoms with Crippen LogP contribution in [0.15, 0.2) is 41.6 Å². The molecule has 0 aliphatic rings. The van der Waals surface area contributed by atoms with Gasteiger partial charge in [-0.05, 0) is 19.1 Å².